The molecule has 1 aliphatic heterocycles. The lowest BCUT2D eigenvalue weighted by atomic mass is 9.99. The minimum Gasteiger partial charge on any atom is -0.372 e. The Kier molecular flexibility index (Phi) is 3.37. The standard InChI is InChI=1S/C12H17N5O2/c1-4-12(2)10(18)17(11(19)16-12)7-8-5-15-9(13-3)6-14-8/h5-6H,4,7H2,1-3H3,(H,13,15)(H,16,19). The van der Waals surface area contributed by atoms with Gasteiger partial charge in [0.05, 0.1) is 24.6 Å². The summed E-state index contributed by atoms with van der Waals surface area (Å²) in [5.41, 5.74) is -0.238. The van der Waals surface area contributed by atoms with E-state index in [4.69, 9.17) is 0 Å². The number of anilines is 1. The van der Waals surface area contributed by atoms with E-state index in [-0.39, 0.29) is 18.5 Å². The monoisotopic (exact) mass is 263 g/mol. The number of amides is 3. The van der Waals surface area contributed by atoms with Crippen LogP contribution in [0.2, 0.25) is 0 Å². The van der Waals surface area contributed by atoms with Crippen LogP contribution in [-0.4, -0.2) is 39.4 Å². The molecular formula is C12H17N5O2. The summed E-state index contributed by atoms with van der Waals surface area (Å²) in [6.45, 7) is 3.73. The van der Waals surface area contributed by atoms with Crippen molar-refractivity contribution < 1.29 is 9.59 Å². The highest BCUT2D eigenvalue weighted by molar-refractivity contribution is 6.06. The summed E-state index contributed by atoms with van der Waals surface area (Å²) >= 11 is 0. The first kappa shape index (κ1) is 13.3. The molecule has 0 bridgehead atoms. The lowest BCUT2D eigenvalue weighted by Gasteiger charge is -2.19. The molecule has 1 fully saturated rings. The third kappa shape index (κ3) is 2.35. The molecule has 3 amide bonds. The summed E-state index contributed by atoms with van der Waals surface area (Å²) in [7, 11) is 1.74. The van der Waals surface area contributed by atoms with Gasteiger partial charge in [0, 0.05) is 7.05 Å². The molecule has 1 saturated heterocycles. The zero-order valence-corrected chi connectivity index (χ0v) is 11.2. The zero-order valence-electron chi connectivity index (χ0n) is 11.2. The summed E-state index contributed by atoms with van der Waals surface area (Å²) < 4.78 is 0. The Labute approximate surface area is 111 Å². The van der Waals surface area contributed by atoms with Gasteiger partial charge in [-0.05, 0) is 13.3 Å². The van der Waals surface area contributed by atoms with Crippen LogP contribution in [0.15, 0.2) is 12.4 Å². The summed E-state index contributed by atoms with van der Waals surface area (Å²) in [6.07, 6.45) is 3.67. The fourth-order valence-electron chi connectivity index (χ4n) is 1.86. The summed E-state index contributed by atoms with van der Waals surface area (Å²) in [6, 6.07) is -0.381. The van der Waals surface area contributed by atoms with Crippen molar-refractivity contribution in [2.24, 2.45) is 0 Å². The van der Waals surface area contributed by atoms with Crippen molar-refractivity contribution in [3.63, 3.8) is 0 Å². The van der Waals surface area contributed by atoms with Crippen molar-refractivity contribution in [1.82, 2.24) is 20.2 Å². The Balaban J connectivity index is 2.14. The number of carbonyl (C=O) groups is 2. The average Bonchev–Trinajstić information content (AvgIpc) is 2.64. The normalized spacial score (nSPS) is 22.6. The molecule has 1 aromatic heterocycles. The number of urea groups is 1. The van der Waals surface area contributed by atoms with Gasteiger partial charge in [0.2, 0.25) is 0 Å². The quantitative estimate of drug-likeness (QED) is 0.782. The molecule has 1 atom stereocenters. The van der Waals surface area contributed by atoms with Gasteiger partial charge in [0.1, 0.15) is 11.4 Å². The molecule has 2 heterocycles. The molecule has 2 rings (SSSR count). The minimum atomic E-state index is -0.810. The first-order valence-corrected chi connectivity index (χ1v) is 6.13. The smallest absolute Gasteiger partial charge is 0.325 e. The largest absolute Gasteiger partial charge is 0.372 e. The molecule has 0 saturated carbocycles. The number of rotatable bonds is 4. The molecule has 1 aliphatic rings. The lowest BCUT2D eigenvalue weighted by molar-refractivity contribution is -0.131. The molecule has 2 N–H and O–H groups in total. The fraction of sp³-hybridized carbons (Fsp3) is 0.500. The number of nitrogens with zero attached hydrogens (tertiary/aromatic N) is 3. The molecule has 0 spiro atoms. The van der Waals surface area contributed by atoms with E-state index in [2.05, 4.69) is 20.6 Å². The topological polar surface area (TPSA) is 87.2 Å². The highest BCUT2D eigenvalue weighted by Crippen LogP contribution is 2.22. The number of nitrogens with one attached hydrogen (secondary N) is 2. The Hall–Kier alpha value is -2.18. The van der Waals surface area contributed by atoms with Crippen molar-refractivity contribution in [2.75, 3.05) is 12.4 Å². The van der Waals surface area contributed by atoms with Crippen molar-refractivity contribution in [1.29, 1.82) is 0 Å². The first-order valence-electron chi connectivity index (χ1n) is 6.13. The Morgan fingerprint density at radius 3 is 2.58 bits per heavy atom. The van der Waals surface area contributed by atoms with Crippen molar-refractivity contribution in [3.8, 4) is 0 Å². The summed E-state index contributed by atoms with van der Waals surface area (Å²) in [5, 5.41) is 5.55. The number of hydrogen-bond donors (Lipinski definition) is 2. The van der Waals surface area contributed by atoms with E-state index >= 15 is 0 Å². The maximum atomic E-state index is 12.2. The van der Waals surface area contributed by atoms with E-state index in [9.17, 15) is 9.59 Å². The maximum absolute atomic E-state index is 12.2. The number of carbonyl (C=O) groups excluding carboxylic acids is 2. The maximum Gasteiger partial charge on any atom is 0.325 e. The van der Waals surface area contributed by atoms with Gasteiger partial charge >= 0.3 is 6.03 Å². The van der Waals surface area contributed by atoms with Crippen LogP contribution in [0.4, 0.5) is 10.6 Å². The minimum absolute atomic E-state index is 0.136. The van der Waals surface area contributed by atoms with Gasteiger partial charge in [-0.1, -0.05) is 6.92 Å². The highest BCUT2D eigenvalue weighted by atomic mass is 16.2. The van der Waals surface area contributed by atoms with E-state index in [1.54, 1.807) is 26.4 Å². The number of hydrogen-bond acceptors (Lipinski definition) is 5. The second kappa shape index (κ2) is 4.83. The lowest BCUT2D eigenvalue weighted by Crippen LogP contribution is -2.43. The Morgan fingerprint density at radius 2 is 2.11 bits per heavy atom. The molecule has 7 nitrogen and oxygen atoms in total. The van der Waals surface area contributed by atoms with Crippen LogP contribution >= 0.6 is 0 Å². The van der Waals surface area contributed by atoms with Gasteiger partial charge in [-0.3, -0.25) is 14.7 Å². The first-order chi connectivity index (χ1) is 9.00. The molecule has 0 radical (unpaired) electrons. The molecule has 102 valence electrons. The molecule has 0 aliphatic carbocycles. The van der Waals surface area contributed by atoms with E-state index in [1.807, 2.05) is 6.92 Å². The number of imide groups is 1. The molecular weight excluding hydrogens is 246 g/mol. The van der Waals surface area contributed by atoms with Gasteiger partial charge in [0.25, 0.3) is 5.91 Å². The van der Waals surface area contributed by atoms with E-state index in [1.165, 1.54) is 4.90 Å². The predicted octanol–water partition coefficient (Wildman–Crippen LogP) is 0.739. The second-order valence-corrected chi connectivity index (χ2v) is 4.65. The molecule has 19 heavy (non-hydrogen) atoms. The van der Waals surface area contributed by atoms with Crippen molar-refractivity contribution in [3.05, 3.63) is 18.1 Å². The Bertz CT molecular complexity index is 501. The van der Waals surface area contributed by atoms with Gasteiger partial charge in [-0.15, -0.1) is 0 Å². The molecule has 1 aromatic rings. The van der Waals surface area contributed by atoms with Crippen LogP contribution in [0, 0.1) is 0 Å². The predicted molar refractivity (Wildman–Crippen MR) is 69.4 cm³/mol. The third-order valence-electron chi connectivity index (χ3n) is 3.33. The molecule has 0 aromatic carbocycles. The average molecular weight is 263 g/mol. The van der Waals surface area contributed by atoms with Gasteiger partial charge in [0.15, 0.2) is 0 Å². The molecule has 1 unspecified atom stereocenters. The van der Waals surface area contributed by atoms with Crippen LogP contribution in [-0.2, 0) is 11.3 Å². The van der Waals surface area contributed by atoms with E-state index in [0.717, 1.165) is 0 Å². The van der Waals surface area contributed by atoms with Gasteiger partial charge in [-0.2, -0.15) is 0 Å². The second-order valence-electron chi connectivity index (χ2n) is 4.65. The fourth-order valence-corrected chi connectivity index (χ4v) is 1.86. The van der Waals surface area contributed by atoms with Crippen molar-refractivity contribution in [2.45, 2.75) is 32.4 Å². The van der Waals surface area contributed by atoms with Gasteiger partial charge in [-0.25, -0.2) is 9.78 Å². The van der Waals surface area contributed by atoms with Crippen LogP contribution in [0.3, 0.4) is 0 Å². The van der Waals surface area contributed by atoms with Gasteiger partial charge < -0.3 is 10.6 Å². The summed E-state index contributed by atoms with van der Waals surface area (Å²) in [5.74, 6) is 0.416. The summed E-state index contributed by atoms with van der Waals surface area (Å²) in [4.78, 5) is 33.4. The van der Waals surface area contributed by atoms with Crippen molar-refractivity contribution >= 4 is 17.8 Å². The van der Waals surface area contributed by atoms with Crippen LogP contribution < -0.4 is 10.6 Å². The third-order valence-corrected chi connectivity index (χ3v) is 3.33. The SMILES string of the molecule is CCC1(C)NC(=O)N(Cc2cnc(NC)cn2)C1=O. The highest BCUT2D eigenvalue weighted by Gasteiger charge is 2.46. The van der Waals surface area contributed by atoms with E-state index < -0.39 is 5.54 Å². The zero-order chi connectivity index (χ0) is 14.0. The van der Waals surface area contributed by atoms with Crippen LogP contribution in [0.1, 0.15) is 26.0 Å². The number of aromatic nitrogens is 2. The van der Waals surface area contributed by atoms with Crippen LogP contribution in [0.25, 0.3) is 0 Å². The van der Waals surface area contributed by atoms with E-state index in [0.29, 0.717) is 17.9 Å². The molecule has 7 heteroatoms. The van der Waals surface area contributed by atoms with Crippen LogP contribution in [0.5, 0.6) is 0 Å². The Morgan fingerprint density at radius 1 is 1.37 bits per heavy atom.